The van der Waals surface area contributed by atoms with Crippen LogP contribution in [0.2, 0.25) is 0 Å². The molecule has 0 radical (unpaired) electrons. The molecule has 0 aromatic heterocycles. The molecule has 2 rings (SSSR count). The molecule has 0 aliphatic carbocycles. The molecule has 0 bridgehead atoms. The van der Waals surface area contributed by atoms with Gasteiger partial charge < -0.3 is 20.2 Å². The van der Waals surface area contributed by atoms with Crippen LogP contribution in [0.25, 0.3) is 0 Å². The molecule has 2 amide bonds. The molecule has 0 saturated carbocycles. The van der Waals surface area contributed by atoms with Crippen molar-refractivity contribution in [1.82, 2.24) is 9.80 Å². The summed E-state index contributed by atoms with van der Waals surface area (Å²) in [4.78, 5) is 18.7. The fourth-order valence-corrected chi connectivity index (χ4v) is 3.00. The van der Waals surface area contributed by atoms with Gasteiger partial charge in [0.05, 0.1) is 6.61 Å². The number of hydrogen-bond acceptors (Lipinski definition) is 4. The quantitative estimate of drug-likeness (QED) is 0.836. The summed E-state index contributed by atoms with van der Waals surface area (Å²) in [5.74, 6) is 0. The van der Waals surface area contributed by atoms with Crippen molar-refractivity contribution in [2.45, 2.75) is 26.3 Å². The van der Waals surface area contributed by atoms with Crippen molar-refractivity contribution in [2.24, 2.45) is 0 Å². The van der Waals surface area contributed by atoms with Crippen LogP contribution < -0.4 is 10.2 Å². The smallest absolute Gasteiger partial charge is 0.321 e. The van der Waals surface area contributed by atoms with Gasteiger partial charge >= 0.3 is 6.03 Å². The predicted molar refractivity (Wildman–Crippen MR) is 98.7 cm³/mol. The summed E-state index contributed by atoms with van der Waals surface area (Å²) in [5, 5.41) is 12.4. The Morgan fingerprint density at radius 3 is 2.58 bits per heavy atom. The molecule has 1 saturated heterocycles. The van der Waals surface area contributed by atoms with E-state index in [1.165, 1.54) is 0 Å². The zero-order valence-corrected chi connectivity index (χ0v) is 15.0. The molecule has 24 heavy (non-hydrogen) atoms. The van der Waals surface area contributed by atoms with Crippen molar-refractivity contribution < 1.29 is 9.90 Å². The van der Waals surface area contributed by atoms with E-state index in [2.05, 4.69) is 29.0 Å². The Hall–Kier alpha value is -1.79. The average molecular weight is 334 g/mol. The lowest BCUT2D eigenvalue weighted by molar-refractivity contribution is 0.0766. The molecule has 1 aliphatic rings. The van der Waals surface area contributed by atoms with Gasteiger partial charge in [-0.25, -0.2) is 4.79 Å². The molecule has 0 spiro atoms. The lowest BCUT2D eigenvalue weighted by Gasteiger charge is -2.38. The van der Waals surface area contributed by atoms with Crippen LogP contribution in [-0.4, -0.2) is 73.4 Å². The number of urea groups is 1. The summed E-state index contributed by atoms with van der Waals surface area (Å²) >= 11 is 0. The molecular formula is C18H30N4O2. The van der Waals surface area contributed by atoms with E-state index in [9.17, 15) is 9.90 Å². The second-order valence-corrected chi connectivity index (χ2v) is 6.26. The molecule has 134 valence electrons. The topological polar surface area (TPSA) is 59.1 Å². The SMILES string of the molecule is CCC(CO)N1CCN(C(=O)Nc2cccc(N(C)CC)c2)CC1. The largest absolute Gasteiger partial charge is 0.395 e. The fraction of sp³-hybridized carbons (Fsp3) is 0.611. The second-order valence-electron chi connectivity index (χ2n) is 6.26. The summed E-state index contributed by atoms with van der Waals surface area (Å²) in [7, 11) is 2.03. The maximum atomic E-state index is 12.5. The molecular weight excluding hydrogens is 304 g/mol. The fourth-order valence-electron chi connectivity index (χ4n) is 3.00. The standard InChI is InChI=1S/C18H30N4O2/c1-4-16(14-23)21-9-11-22(12-10-21)18(24)19-15-7-6-8-17(13-15)20(3)5-2/h6-8,13,16,23H,4-5,9-12,14H2,1-3H3,(H,19,24). The van der Waals surface area contributed by atoms with Gasteiger partial charge in [0.25, 0.3) is 0 Å². The zero-order chi connectivity index (χ0) is 17.5. The minimum Gasteiger partial charge on any atom is -0.395 e. The number of aliphatic hydroxyl groups excluding tert-OH is 1. The van der Waals surface area contributed by atoms with E-state index in [0.29, 0.717) is 13.1 Å². The van der Waals surface area contributed by atoms with Crippen LogP contribution in [0.3, 0.4) is 0 Å². The number of nitrogens with one attached hydrogen (secondary N) is 1. The van der Waals surface area contributed by atoms with Crippen LogP contribution in [0.4, 0.5) is 16.2 Å². The van der Waals surface area contributed by atoms with E-state index in [-0.39, 0.29) is 18.7 Å². The number of hydrogen-bond donors (Lipinski definition) is 2. The average Bonchev–Trinajstić information content (AvgIpc) is 2.62. The molecule has 1 unspecified atom stereocenters. The van der Waals surface area contributed by atoms with Crippen molar-refractivity contribution in [3.8, 4) is 0 Å². The van der Waals surface area contributed by atoms with Crippen LogP contribution in [0, 0.1) is 0 Å². The third-order valence-electron chi connectivity index (χ3n) is 4.81. The number of carbonyl (C=O) groups excluding carboxylic acids is 1. The van der Waals surface area contributed by atoms with E-state index in [0.717, 1.165) is 37.4 Å². The summed E-state index contributed by atoms with van der Waals surface area (Å²) < 4.78 is 0. The minimum atomic E-state index is -0.0528. The highest BCUT2D eigenvalue weighted by Crippen LogP contribution is 2.19. The van der Waals surface area contributed by atoms with Gasteiger partial charge in [-0.1, -0.05) is 13.0 Å². The zero-order valence-electron chi connectivity index (χ0n) is 15.0. The Morgan fingerprint density at radius 1 is 1.29 bits per heavy atom. The summed E-state index contributed by atoms with van der Waals surface area (Å²) in [5.41, 5.74) is 1.91. The van der Waals surface area contributed by atoms with Gasteiger partial charge in [-0.15, -0.1) is 0 Å². The predicted octanol–water partition coefficient (Wildman–Crippen LogP) is 2.06. The number of aliphatic hydroxyl groups is 1. The first-order valence-electron chi connectivity index (χ1n) is 8.81. The van der Waals surface area contributed by atoms with Crippen LogP contribution in [0.15, 0.2) is 24.3 Å². The number of benzene rings is 1. The van der Waals surface area contributed by atoms with Crippen LogP contribution >= 0.6 is 0 Å². The normalized spacial score (nSPS) is 16.8. The maximum Gasteiger partial charge on any atom is 0.321 e. The summed E-state index contributed by atoms with van der Waals surface area (Å²) in [6.45, 7) is 8.29. The highest BCUT2D eigenvalue weighted by Gasteiger charge is 2.24. The van der Waals surface area contributed by atoms with Crippen molar-refractivity contribution in [2.75, 3.05) is 56.6 Å². The number of anilines is 2. The van der Waals surface area contributed by atoms with Gasteiger partial charge in [0, 0.05) is 57.2 Å². The van der Waals surface area contributed by atoms with E-state index in [1.54, 1.807) is 0 Å². The molecule has 1 fully saturated rings. The monoisotopic (exact) mass is 334 g/mol. The Kier molecular flexibility index (Phi) is 6.87. The van der Waals surface area contributed by atoms with E-state index >= 15 is 0 Å². The van der Waals surface area contributed by atoms with Crippen LogP contribution in [-0.2, 0) is 0 Å². The number of carbonyl (C=O) groups is 1. The maximum absolute atomic E-state index is 12.5. The Bertz CT molecular complexity index is 526. The molecule has 1 heterocycles. The minimum absolute atomic E-state index is 0.0528. The summed E-state index contributed by atoms with van der Waals surface area (Å²) in [6, 6.07) is 8.07. The molecule has 6 heteroatoms. The van der Waals surface area contributed by atoms with E-state index in [4.69, 9.17) is 0 Å². The Labute approximate surface area is 145 Å². The van der Waals surface area contributed by atoms with Crippen molar-refractivity contribution in [1.29, 1.82) is 0 Å². The molecule has 1 aromatic rings. The lowest BCUT2D eigenvalue weighted by Crippen LogP contribution is -2.53. The number of nitrogens with zero attached hydrogens (tertiary/aromatic N) is 3. The molecule has 1 atom stereocenters. The van der Waals surface area contributed by atoms with Gasteiger partial charge in [0.2, 0.25) is 0 Å². The van der Waals surface area contributed by atoms with E-state index < -0.39 is 0 Å². The number of rotatable bonds is 6. The number of amides is 2. The third-order valence-corrected chi connectivity index (χ3v) is 4.81. The highest BCUT2D eigenvalue weighted by atomic mass is 16.3. The van der Waals surface area contributed by atoms with Crippen molar-refractivity contribution >= 4 is 17.4 Å². The Morgan fingerprint density at radius 2 is 2.00 bits per heavy atom. The van der Waals surface area contributed by atoms with Gasteiger partial charge in [-0.05, 0) is 31.5 Å². The molecule has 6 nitrogen and oxygen atoms in total. The van der Waals surface area contributed by atoms with Gasteiger partial charge in [-0.3, -0.25) is 4.90 Å². The summed E-state index contributed by atoms with van der Waals surface area (Å²) in [6.07, 6.45) is 0.931. The van der Waals surface area contributed by atoms with Crippen molar-refractivity contribution in [3.63, 3.8) is 0 Å². The first-order valence-corrected chi connectivity index (χ1v) is 8.81. The second kappa shape index (κ2) is 8.89. The Balaban J connectivity index is 1.90. The molecule has 1 aromatic carbocycles. The molecule has 2 N–H and O–H groups in total. The first-order chi connectivity index (χ1) is 11.6. The van der Waals surface area contributed by atoms with Gasteiger partial charge in [0.15, 0.2) is 0 Å². The number of piperazine rings is 1. The first kappa shape index (κ1) is 18.5. The van der Waals surface area contributed by atoms with Crippen LogP contribution in [0.1, 0.15) is 20.3 Å². The molecule has 1 aliphatic heterocycles. The van der Waals surface area contributed by atoms with Crippen molar-refractivity contribution in [3.05, 3.63) is 24.3 Å². The highest BCUT2D eigenvalue weighted by molar-refractivity contribution is 5.90. The van der Waals surface area contributed by atoms with Gasteiger partial charge in [0.1, 0.15) is 0 Å². The van der Waals surface area contributed by atoms with E-state index in [1.807, 2.05) is 36.2 Å². The lowest BCUT2D eigenvalue weighted by atomic mass is 10.2. The third kappa shape index (κ3) is 4.61. The van der Waals surface area contributed by atoms with Gasteiger partial charge in [-0.2, -0.15) is 0 Å². The van der Waals surface area contributed by atoms with Crippen LogP contribution in [0.5, 0.6) is 0 Å².